The van der Waals surface area contributed by atoms with E-state index in [2.05, 4.69) is 24.1 Å². The Morgan fingerprint density at radius 3 is 2.47 bits per heavy atom. The number of carbonyl (C=O) groups is 1. The number of hydrogen-bond acceptors (Lipinski definition) is 2. The maximum Gasteiger partial charge on any atom is 0.228 e. The number of hydrogen-bond donors (Lipinski definition) is 0. The maximum absolute atomic E-state index is 12.3. The number of carbonyl (C=O) groups excluding carboxylic acids is 1. The van der Waals surface area contributed by atoms with Crippen molar-refractivity contribution >= 4 is 5.91 Å². The van der Waals surface area contributed by atoms with E-state index in [4.69, 9.17) is 0 Å². The Bertz CT molecular complexity index is 437. The van der Waals surface area contributed by atoms with Gasteiger partial charge < -0.3 is 9.80 Å². The highest BCUT2D eigenvalue weighted by Gasteiger charge is 2.42. The van der Waals surface area contributed by atoms with Gasteiger partial charge in [-0.05, 0) is 44.5 Å². The molecule has 1 aromatic rings. The van der Waals surface area contributed by atoms with Crippen molar-refractivity contribution in [3.8, 4) is 0 Å². The fourth-order valence-corrected chi connectivity index (χ4v) is 3.26. The number of nitrogens with zero attached hydrogens (tertiary/aromatic N) is 2. The highest BCUT2D eigenvalue weighted by molar-refractivity contribution is 5.84. The van der Waals surface area contributed by atoms with Crippen molar-refractivity contribution in [3.05, 3.63) is 35.9 Å². The van der Waals surface area contributed by atoms with Crippen LogP contribution in [0.3, 0.4) is 0 Å². The smallest absolute Gasteiger partial charge is 0.228 e. The van der Waals surface area contributed by atoms with Crippen LogP contribution >= 0.6 is 0 Å². The number of amides is 1. The molecule has 0 N–H and O–H groups in total. The maximum atomic E-state index is 12.3. The Morgan fingerprint density at radius 1 is 1.16 bits per heavy atom. The Hall–Kier alpha value is -1.35. The van der Waals surface area contributed by atoms with Crippen LogP contribution in [0.15, 0.2) is 30.3 Å². The molecule has 2 fully saturated rings. The van der Waals surface area contributed by atoms with E-state index in [1.54, 1.807) is 0 Å². The molecule has 3 nitrogen and oxygen atoms in total. The summed E-state index contributed by atoms with van der Waals surface area (Å²) in [6.45, 7) is 4.03. The SMILES string of the molecule is CN1CCC(C2CN(Cc3ccccc3)C2=O)CC1. The summed E-state index contributed by atoms with van der Waals surface area (Å²) in [5.41, 5.74) is 1.23. The van der Waals surface area contributed by atoms with Crippen LogP contribution in [0.5, 0.6) is 0 Å². The highest BCUT2D eigenvalue weighted by atomic mass is 16.2. The molecule has 2 aliphatic heterocycles. The van der Waals surface area contributed by atoms with E-state index in [-0.39, 0.29) is 0 Å². The molecule has 19 heavy (non-hydrogen) atoms. The van der Waals surface area contributed by atoms with Gasteiger partial charge in [-0.1, -0.05) is 30.3 Å². The van der Waals surface area contributed by atoms with Crippen molar-refractivity contribution in [3.63, 3.8) is 0 Å². The van der Waals surface area contributed by atoms with Gasteiger partial charge in [0.2, 0.25) is 5.91 Å². The lowest BCUT2D eigenvalue weighted by atomic mass is 9.79. The number of likely N-dealkylation sites (tertiary alicyclic amines) is 2. The van der Waals surface area contributed by atoms with E-state index in [9.17, 15) is 4.79 Å². The first kappa shape index (κ1) is 12.7. The van der Waals surface area contributed by atoms with Crippen LogP contribution in [-0.4, -0.2) is 42.4 Å². The summed E-state index contributed by atoms with van der Waals surface area (Å²) in [6.07, 6.45) is 2.37. The van der Waals surface area contributed by atoms with Gasteiger partial charge in [0, 0.05) is 13.1 Å². The molecule has 1 atom stereocenters. The van der Waals surface area contributed by atoms with Gasteiger partial charge in [-0.15, -0.1) is 0 Å². The minimum absolute atomic E-state index is 0.303. The summed E-state index contributed by atoms with van der Waals surface area (Å²) in [7, 11) is 2.17. The molecule has 0 saturated carbocycles. The zero-order chi connectivity index (χ0) is 13.2. The Balaban J connectivity index is 1.53. The molecule has 2 saturated heterocycles. The monoisotopic (exact) mass is 258 g/mol. The largest absolute Gasteiger partial charge is 0.337 e. The predicted octanol–water partition coefficient (Wildman–Crippen LogP) is 1.99. The van der Waals surface area contributed by atoms with Gasteiger partial charge in [0.25, 0.3) is 0 Å². The van der Waals surface area contributed by atoms with Crippen LogP contribution in [0, 0.1) is 11.8 Å². The third kappa shape index (κ3) is 2.66. The summed E-state index contributed by atoms with van der Waals surface area (Å²) < 4.78 is 0. The van der Waals surface area contributed by atoms with Crippen LogP contribution in [0.1, 0.15) is 18.4 Å². The van der Waals surface area contributed by atoms with E-state index in [1.165, 1.54) is 18.4 Å². The van der Waals surface area contributed by atoms with E-state index < -0.39 is 0 Å². The first-order valence-electron chi connectivity index (χ1n) is 7.25. The molecule has 1 amide bonds. The Morgan fingerprint density at radius 2 is 1.84 bits per heavy atom. The second-order valence-corrected chi connectivity index (χ2v) is 5.95. The Labute approximate surface area is 115 Å². The minimum atomic E-state index is 0.303. The van der Waals surface area contributed by atoms with Gasteiger partial charge in [-0.3, -0.25) is 4.79 Å². The summed E-state index contributed by atoms with van der Waals surface area (Å²) in [6, 6.07) is 10.3. The van der Waals surface area contributed by atoms with Crippen molar-refractivity contribution in [2.24, 2.45) is 11.8 Å². The van der Waals surface area contributed by atoms with E-state index in [0.717, 1.165) is 26.2 Å². The number of rotatable bonds is 3. The van der Waals surface area contributed by atoms with Crippen molar-refractivity contribution < 1.29 is 4.79 Å². The van der Waals surface area contributed by atoms with Crippen LogP contribution < -0.4 is 0 Å². The predicted molar refractivity (Wildman–Crippen MR) is 75.6 cm³/mol. The topological polar surface area (TPSA) is 23.6 Å². The summed E-state index contributed by atoms with van der Waals surface area (Å²) in [5.74, 6) is 1.30. The number of benzene rings is 1. The third-order valence-corrected chi connectivity index (χ3v) is 4.59. The van der Waals surface area contributed by atoms with Gasteiger partial charge in [0.15, 0.2) is 0 Å². The second kappa shape index (κ2) is 5.33. The first-order valence-corrected chi connectivity index (χ1v) is 7.25. The fourth-order valence-electron chi connectivity index (χ4n) is 3.26. The van der Waals surface area contributed by atoms with Crippen LogP contribution in [-0.2, 0) is 11.3 Å². The van der Waals surface area contributed by atoms with Gasteiger partial charge in [-0.2, -0.15) is 0 Å². The molecule has 3 heteroatoms. The summed E-state index contributed by atoms with van der Waals surface area (Å²) >= 11 is 0. The molecule has 1 unspecified atom stereocenters. The fraction of sp³-hybridized carbons (Fsp3) is 0.562. The zero-order valence-electron chi connectivity index (χ0n) is 11.6. The van der Waals surface area contributed by atoms with Crippen molar-refractivity contribution in [1.82, 2.24) is 9.80 Å². The molecular formula is C16H22N2O. The van der Waals surface area contributed by atoms with Crippen molar-refractivity contribution in [2.75, 3.05) is 26.7 Å². The molecule has 0 aromatic heterocycles. The van der Waals surface area contributed by atoms with E-state index in [0.29, 0.717) is 17.7 Å². The Kier molecular flexibility index (Phi) is 3.56. The molecular weight excluding hydrogens is 236 g/mol. The third-order valence-electron chi connectivity index (χ3n) is 4.59. The molecule has 0 spiro atoms. The lowest BCUT2D eigenvalue weighted by Crippen LogP contribution is -2.55. The van der Waals surface area contributed by atoms with Gasteiger partial charge in [-0.25, -0.2) is 0 Å². The van der Waals surface area contributed by atoms with Crippen LogP contribution in [0.2, 0.25) is 0 Å². The average molecular weight is 258 g/mol. The average Bonchev–Trinajstić information content (AvgIpc) is 2.45. The summed E-state index contributed by atoms with van der Waals surface area (Å²) in [5, 5.41) is 0. The van der Waals surface area contributed by atoms with Gasteiger partial charge >= 0.3 is 0 Å². The van der Waals surface area contributed by atoms with Crippen LogP contribution in [0.25, 0.3) is 0 Å². The molecule has 0 radical (unpaired) electrons. The molecule has 0 aliphatic carbocycles. The van der Waals surface area contributed by atoms with E-state index >= 15 is 0 Å². The van der Waals surface area contributed by atoms with E-state index in [1.807, 2.05) is 23.1 Å². The lowest BCUT2D eigenvalue weighted by molar-refractivity contribution is -0.153. The molecule has 102 valence electrons. The summed E-state index contributed by atoms with van der Waals surface area (Å²) in [4.78, 5) is 16.6. The lowest BCUT2D eigenvalue weighted by Gasteiger charge is -2.44. The number of β-lactam (4-membered cyclic amide) rings is 1. The van der Waals surface area contributed by atoms with Crippen LogP contribution in [0.4, 0.5) is 0 Å². The first-order chi connectivity index (χ1) is 9.24. The normalized spacial score (nSPS) is 25.4. The minimum Gasteiger partial charge on any atom is -0.337 e. The molecule has 2 aliphatic rings. The van der Waals surface area contributed by atoms with Gasteiger partial charge in [0.05, 0.1) is 5.92 Å². The van der Waals surface area contributed by atoms with Crippen molar-refractivity contribution in [1.29, 1.82) is 0 Å². The zero-order valence-corrected chi connectivity index (χ0v) is 11.6. The molecule has 1 aromatic carbocycles. The molecule has 2 heterocycles. The molecule has 3 rings (SSSR count). The highest BCUT2D eigenvalue weighted by Crippen LogP contribution is 2.33. The standard InChI is InChI=1S/C16H22N2O/c1-17-9-7-14(8-10-17)15-12-18(16(15)19)11-13-5-3-2-4-6-13/h2-6,14-15H,7-12H2,1H3. The van der Waals surface area contributed by atoms with Crippen molar-refractivity contribution in [2.45, 2.75) is 19.4 Å². The quantitative estimate of drug-likeness (QED) is 0.774. The van der Waals surface area contributed by atoms with Gasteiger partial charge in [0.1, 0.15) is 0 Å². The molecule has 0 bridgehead atoms. The number of piperidine rings is 1. The second-order valence-electron chi connectivity index (χ2n) is 5.95.